The molecular formula is C13H7ClN4OS3. The van der Waals surface area contributed by atoms with Crippen molar-refractivity contribution in [3.05, 3.63) is 39.5 Å². The number of aromatic nitrogens is 3. The fraction of sp³-hybridized carbons (Fsp3) is 0.0769. The Bertz CT molecular complexity index is 882. The first-order valence-corrected chi connectivity index (χ1v) is 9.01. The van der Waals surface area contributed by atoms with Crippen molar-refractivity contribution in [1.29, 1.82) is 5.26 Å². The van der Waals surface area contributed by atoms with E-state index in [9.17, 15) is 10.4 Å². The molecule has 3 aromatic rings. The van der Waals surface area contributed by atoms with E-state index in [1.807, 2.05) is 12.1 Å². The summed E-state index contributed by atoms with van der Waals surface area (Å²) in [6, 6.07) is 7.38. The van der Waals surface area contributed by atoms with Crippen molar-refractivity contribution < 1.29 is 5.11 Å². The van der Waals surface area contributed by atoms with Gasteiger partial charge in [0.1, 0.15) is 27.9 Å². The minimum atomic E-state index is -0.0205. The van der Waals surface area contributed by atoms with Gasteiger partial charge in [0.15, 0.2) is 4.34 Å². The topological polar surface area (TPSA) is 82.7 Å². The van der Waals surface area contributed by atoms with Crippen molar-refractivity contribution >= 4 is 61.8 Å². The number of aliphatic hydroxyl groups excluding tert-OH is 1. The van der Waals surface area contributed by atoms with Gasteiger partial charge in [-0.15, -0.1) is 21.5 Å². The van der Waals surface area contributed by atoms with Crippen LogP contribution in [-0.4, -0.2) is 26.0 Å². The van der Waals surface area contributed by atoms with Gasteiger partial charge in [0.05, 0.1) is 16.0 Å². The van der Waals surface area contributed by atoms with Crippen LogP contribution in [0.1, 0.15) is 5.01 Å². The molecule has 0 saturated carbocycles. The second kappa shape index (κ2) is 6.62. The standard InChI is InChI=1S/C13H7ClN4OS3/c14-7-1-2-11-9(3-7)17-12(22-11)8(4-15)10(19)5-20-13-18-16-6-21-13/h1-3,6,19H,5H2/b10-8+. The first-order chi connectivity index (χ1) is 10.7. The van der Waals surface area contributed by atoms with Crippen molar-refractivity contribution in [2.24, 2.45) is 0 Å². The van der Waals surface area contributed by atoms with Gasteiger partial charge in [0.25, 0.3) is 0 Å². The van der Waals surface area contributed by atoms with Gasteiger partial charge < -0.3 is 5.11 Å². The minimum absolute atomic E-state index is 0.0205. The zero-order valence-electron chi connectivity index (χ0n) is 10.9. The summed E-state index contributed by atoms with van der Waals surface area (Å²) < 4.78 is 1.65. The Balaban J connectivity index is 1.90. The highest BCUT2D eigenvalue weighted by atomic mass is 35.5. The summed E-state index contributed by atoms with van der Waals surface area (Å²) in [7, 11) is 0. The third-order valence-corrected chi connectivity index (χ3v) is 5.80. The van der Waals surface area contributed by atoms with E-state index in [1.54, 1.807) is 17.6 Å². The fourth-order valence-electron chi connectivity index (χ4n) is 1.67. The molecule has 3 rings (SSSR count). The largest absolute Gasteiger partial charge is 0.510 e. The predicted molar refractivity (Wildman–Crippen MR) is 90.4 cm³/mol. The maximum absolute atomic E-state index is 10.2. The van der Waals surface area contributed by atoms with Crippen LogP contribution in [0.25, 0.3) is 15.8 Å². The van der Waals surface area contributed by atoms with Gasteiger partial charge >= 0.3 is 0 Å². The van der Waals surface area contributed by atoms with Crippen molar-refractivity contribution in [2.45, 2.75) is 4.34 Å². The molecule has 1 aromatic carbocycles. The Morgan fingerprint density at radius 3 is 3.05 bits per heavy atom. The van der Waals surface area contributed by atoms with E-state index < -0.39 is 0 Å². The third kappa shape index (κ3) is 3.23. The van der Waals surface area contributed by atoms with Gasteiger partial charge in [-0.05, 0) is 18.2 Å². The highest BCUT2D eigenvalue weighted by Crippen LogP contribution is 2.31. The minimum Gasteiger partial charge on any atom is -0.510 e. The molecule has 22 heavy (non-hydrogen) atoms. The number of thioether (sulfide) groups is 1. The molecule has 0 aliphatic carbocycles. The third-order valence-electron chi connectivity index (χ3n) is 2.64. The second-order valence-corrected chi connectivity index (χ2v) is 7.58. The monoisotopic (exact) mass is 366 g/mol. The zero-order valence-corrected chi connectivity index (χ0v) is 14.1. The first-order valence-electron chi connectivity index (χ1n) is 5.95. The molecule has 0 bridgehead atoms. The second-order valence-electron chi connectivity index (χ2n) is 4.06. The summed E-state index contributed by atoms with van der Waals surface area (Å²) in [6.07, 6.45) is 0. The van der Waals surface area contributed by atoms with Crippen molar-refractivity contribution in [2.75, 3.05) is 5.75 Å². The lowest BCUT2D eigenvalue weighted by molar-refractivity contribution is 0.421. The van der Waals surface area contributed by atoms with Crippen LogP contribution in [0.4, 0.5) is 0 Å². The molecule has 0 unspecified atom stereocenters. The van der Waals surface area contributed by atoms with E-state index >= 15 is 0 Å². The Labute approximate surface area is 142 Å². The maximum Gasteiger partial charge on any atom is 0.174 e. The smallest absolute Gasteiger partial charge is 0.174 e. The number of nitriles is 1. The highest BCUT2D eigenvalue weighted by Gasteiger charge is 2.14. The average molecular weight is 367 g/mol. The molecule has 0 atom stereocenters. The van der Waals surface area contributed by atoms with E-state index in [2.05, 4.69) is 15.2 Å². The highest BCUT2D eigenvalue weighted by molar-refractivity contribution is 8.01. The Hall–Kier alpha value is -1.66. The lowest BCUT2D eigenvalue weighted by atomic mass is 10.2. The van der Waals surface area contributed by atoms with Gasteiger partial charge in [-0.25, -0.2) is 4.98 Å². The molecule has 0 radical (unpaired) electrons. The average Bonchev–Trinajstić information content (AvgIpc) is 3.14. The van der Waals surface area contributed by atoms with Crippen molar-refractivity contribution in [3.63, 3.8) is 0 Å². The van der Waals surface area contributed by atoms with Gasteiger partial charge in [0.2, 0.25) is 0 Å². The molecule has 2 heterocycles. The molecule has 0 aliphatic rings. The summed E-state index contributed by atoms with van der Waals surface area (Å²) in [5.74, 6) is 0.224. The van der Waals surface area contributed by atoms with E-state index in [0.29, 0.717) is 15.5 Å². The van der Waals surface area contributed by atoms with E-state index in [1.165, 1.54) is 34.4 Å². The molecule has 5 nitrogen and oxygen atoms in total. The fourth-order valence-corrected chi connectivity index (χ4v) is 4.17. The zero-order chi connectivity index (χ0) is 15.5. The van der Waals surface area contributed by atoms with Gasteiger partial charge in [-0.2, -0.15) is 5.26 Å². The summed E-state index contributed by atoms with van der Waals surface area (Å²) in [5, 5.41) is 28.2. The summed E-state index contributed by atoms with van der Waals surface area (Å²) in [5.41, 5.74) is 2.50. The normalized spacial score (nSPS) is 12.2. The quantitative estimate of drug-likeness (QED) is 0.419. The van der Waals surface area contributed by atoms with Crippen molar-refractivity contribution in [3.8, 4) is 6.07 Å². The number of allylic oxidation sites excluding steroid dienone is 1. The van der Waals surface area contributed by atoms with Crippen LogP contribution >= 0.6 is 46.0 Å². The van der Waals surface area contributed by atoms with E-state index in [4.69, 9.17) is 11.6 Å². The first kappa shape index (κ1) is 15.2. The number of halogens is 1. The Morgan fingerprint density at radius 1 is 1.45 bits per heavy atom. The molecule has 0 aliphatic heterocycles. The predicted octanol–water partition coefficient (Wildman–Crippen LogP) is 4.39. The summed E-state index contributed by atoms with van der Waals surface area (Å²) in [4.78, 5) is 4.37. The molecule has 0 amide bonds. The summed E-state index contributed by atoms with van der Waals surface area (Å²) >= 11 is 9.99. The van der Waals surface area contributed by atoms with Gasteiger partial charge in [-0.3, -0.25) is 0 Å². The van der Waals surface area contributed by atoms with E-state index in [0.717, 1.165) is 9.04 Å². The van der Waals surface area contributed by atoms with Crippen LogP contribution in [-0.2, 0) is 0 Å². The van der Waals surface area contributed by atoms with E-state index in [-0.39, 0.29) is 17.1 Å². The molecule has 110 valence electrons. The lowest BCUT2D eigenvalue weighted by Crippen LogP contribution is -1.92. The molecule has 9 heteroatoms. The number of rotatable bonds is 4. The molecule has 1 N–H and O–H groups in total. The van der Waals surface area contributed by atoms with Crippen LogP contribution in [0.15, 0.2) is 33.8 Å². The number of hydrogen-bond acceptors (Lipinski definition) is 8. The van der Waals surface area contributed by atoms with Gasteiger partial charge in [-0.1, -0.05) is 34.7 Å². The number of aliphatic hydroxyl groups is 1. The Kier molecular flexibility index (Phi) is 4.59. The molecule has 0 saturated heterocycles. The number of benzene rings is 1. The SMILES string of the molecule is N#C/C(=C(\O)CSc1nncs1)c1nc2cc(Cl)ccc2s1. The van der Waals surface area contributed by atoms with Gasteiger partial charge in [0, 0.05) is 5.02 Å². The number of nitrogens with zero attached hydrogens (tertiary/aromatic N) is 4. The van der Waals surface area contributed by atoms with Crippen molar-refractivity contribution in [1.82, 2.24) is 15.2 Å². The maximum atomic E-state index is 10.2. The molecule has 0 fully saturated rings. The lowest BCUT2D eigenvalue weighted by Gasteiger charge is -1.99. The van der Waals surface area contributed by atoms with Crippen LogP contribution in [0, 0.1) is 11.3 Å². The summed E-state index contributed by atoms with van der Waals surface area (Å²) in [6.45, 7) is 0. The Morgan fingerprint density at radius 2 is 2.32 bits per heavy atom. The molecule has 2 aromatic heterocycles. The molecule has 0 spiro atoms. The number of hydrogen-bond donors (Lipinski definition) is 1. The van der Waals surface area contributed by atoms with Crippen LogP contribution in [0.5, 0.6) is 0 Å². The number of thiazole rings is 1. The molecular weight excluding hydrogens is 360 g/mol. The van der Waals surface area contributed by atoms with Crippen LogP contribution in [0.3, 0.4) is 0 Å². The number of fused-ring (bicyclic) bond motifs is 1. The van der Waals surface area contributed by atoms with Crippen LogP contribution < -0.4 is 0 Å². The van der Waals surface area contributed by atoms with Crippen LogP contribution in [0.2, 0.25) is 5.02 Å².